The Kier molecular flexibility index (Phi) is 5.64. The molecule has 4 nitrogen and oxygen atoms in total. The van der Waals surface area contributed by atoms with Gasteiger partial charge in [-0.05, 0) is 25.1 Å². The van der Waals surface area contributed by atoms with Gasteiger partial charge in [-0.15, -0.1) is 0 Å². The first-order valence-corrected chi connectivity index (χ1v) is 8.24. The van der Waals surface area contributed by atoms with Gasteiger partial charge in [-0.3, -0.25) is 0 Å². The molecule has 0 unspecified atom stereocenters. The van der Waals surface area contributed by atoms with Crippen LogP contribution >= 0.6 is 0 Å². The molecule has 0 spiro atoms. The predicted molar refractivity (Wildman–Crippen MR) is 101 cm³/mol. The first-order valence-electron chi connectivity index (χ1n) is 8.24. The molecule has 0 aliphatic heterocycles. The SMILES string of the molecule is Cc1oc(-c2ccccc2)nc1COc1ccccc1/C=C/C=C/C#N. The number of allylic oxidation sites excluding steroid dienone is 3. The van der Waals surface area contributed by atoms with Gasteiger partial charge in [0, 0.05) is 17.2 Å². The largest absolute Gasteiger partial charge is 0.487 e. The van der Waals surface area contributed by atoms with Crippen LogP contribution in [0, 0.1) is 18.3 Å². The van der Waals surface area contributed by atoms with Crippen molar-refractivity contribution in [1.29, 1.82) is 5.26 Å². The van der Waals surface area contributed by atoms with Crippen molar-refractivity contribution >= 4 is 6.08 Å². The van der Waals surface area contributed by atoms with Gasteiger partial charge >= 0.3 is 0 Å². The molecular weight excluding hydrogens is 324 g/mol. The second-order valence-corrected chi connectivity index (χ2v) is 5.56. The third-order valence-corrected chi connectivity index (χ3v) is 3.75. The molecule has 0 radical (unpaired) electrons. The maximum absolute atomic E-state index is 8.53. The highest BCUT2D eigenvalue weighted by molar-refractivity contribution is 5.58. The molecule has 1 aromatic heterocycles. The standard InChI is InChI=1S/C22H18N2O2/c1-17-20(24-22(26-17)19-12-4-2-5-13-19)16-25-21-14-8-7-11-18(21)10-6-3-9-15-23/h2-14H,16H2,1H3/b9-3+,10-6+. The van der Waals surface area contributed by atoms with E-state index in [0.29, 0.717) is 12.5 Å². The summed E-state index contributed by atoms with van der Waals surface area (Å²) in [5.74, 6) is 2.09. The highest BCUT2D eigenvalue weighted by Gasteiger charge is 2.12. The summed E-state index contributed by atoms with van der Waals surface area (Å²) in [5.41, 5.74) is 2.64. The van der Waals surface area contributed by atoms with Gasteiger partial charge in [0.25, 0.3) is 0 Å². The second-order valence-electron chi connectivity index (χ2n) is 5.56. The summed E-state index contributed by atoms with van der Waals surface area (Å²) in [6.45, 7) is 2.21. The molecule has 26 heavy (non-hydrogen) atoms. The van der Waals surface area contributed by atoms with Crippen LogP contribution in [0.15, 0.2) is 77.2 Å². The number of nitriles is 1. The van der Waals surface area contributed by atoms with E-state index < -0.39 is 0 Å². The topological polar surface area (TPSA) is 59.1 Å². The molecule has 0 aliphatic carbocycles. The molecule has 0 saturated heterocycles. The highest BCUT2D eigenvalue weighted by atomic mass is 16.5. The summed E-state index contributed by atoms with van der Waals surface area (Å²) < 4.78 is 11.7. The van der Waals surface area contributed by atoms with Crippen molar-refractivity contribution in [3.8, 4) is 23.3 Å². The summed E-state index contributed by atoms with van der Waals surface area (Å²) in [6, 6.07) is 19.5. The van der Waals surface area contributed by atoms with E-state index in [1.807, 2.05) is 73.7 Å². The molecule has 0 N–H and O–H groups in total. The zero-order valence-corrected chi connectivity index (χ0v) is 14.4. The zero-order valence-electron chi connectivity index (χ0n) is 14.4. The number of hydrogen-bond acceptors (Lipinski definition) is 4. The molecule has 0 aliphatic rings. The van der Waals surface area contributed by atoms with Crippen LogP contribution in [-0.2, 0) is 6.61 Å². The third-order valence-electron chi connectivity index (χ3n) is 3.75. The van der Waals surface area contributed by atoms with E-state index in [9.17, 15) is 0 Å². The Hall–Kier alpha value is -3.58. The Balaban J connectivity index is 1.74. The number of aromatic nitrogens is 1. The normalized spacial score (nSPS) is 11.1. The summed E-state index contributed by atoms with van der Waals surface area (Å²) in [6.07, 6.45) is 6.81. The number of rotatable bonds is 6. The van der Waals surface area contributed by atoms with Gasteiger partial charge in [0.2, 0.25) is 5.89 Å². The molecule has 0 bridgehead atoms. The predicted octanol–water partition coefficient (Wildman–Crippen LogP) is 5.32. The smallest absolute Gasteiger partial charge is 0.226 e. The van der Waals surface area contributed by atoms with Crippen LogP contribution in [-0.4, -0.2) is 4.98 Å². The summed E-state index contributed by atoms with van der Waals surface area (Å²) in [7, 11) is 0. The van der Waals surface area contributed by atoms with Gasteiger partial charge in [-0.2, -0.15) is 5.26 Å². The molecule has 1 heterocycles. The molecular formula is C22H18N2O2. The van der Waals surface area contributed by atoms with Crippen LogP contribution in [0.3, 0.4) is 0 Å². The third kappa shape index (κ3) is 4.28. The van der Waals surface area contributed by atoms with Gasteiger partial charge in [0.15, 0.2) is 0 Å². The summed E-state index contributed by atoms with van der Waals surface area (Å²) in [5, 5.41) is 8.53. The van der Waals surface area contributed by atoms with Crippen molar-refractivity contribution in [3.05, 3.63) is 89.8 Å². The van der Waals surface area contributed by atoms with Crippen LogP contribution < -0.4 is 4.74 Å². The number of hydrogen-bond donors (Lipinski definition) is 0. The minimum Gasteiger partial charge on any atom is -0.487 e. The van der Waals surface area contributed by atoms with Crippen LogP contribution in [0.1, 0.15) is 17.0 Å². The number of nitrogens with zero attached hydrogens (tertiary/aromatic N) is 2. The molecule has 0 saturated carbocycles. The van der Waals surface area contributed by atoms with E-state index in [-0.39, 0.29) is 0 Å². The number of para-hydroxylation sites is 1. The highest BCUT2D eigenvalue weighted by Crippen LogP contribution is 2.24. The van der Waals surface area contributed by atoms with E-state index in [1.165, 1.54) is 6.08 Å². The molecule has 0 amide bonds. The Bertz CT molecular complexity index is 963. The number of benzene rings is 2. The fraction of sp³-hybridized carbons (Fsp3) is 0.0909. The quantitative estimate of drug-likeness (QED) is 0.449. The van der Waals surface area contributed by atoms with E-state index in [0.717, 1.165) is 28.3 Å². The van der Waals surface area contributed by atoms with Gasteiger partial charge in [0.1, 0.15) is 23.8 Å². The van der Waals surface area contributed by atoms with Crippen LogP contribution in [0.4, 0.5) is 0 Å². The minimum atomic E-state index is 0.320. The fourth-order valence-corrected chi connectivity index (χ4v) is 2.42. The van der Waals surface area contributed by atoms with Crippen LogP contribution in [0.2, 0.25) is 0 Å². The number of oxazole rings is 1. The summed E-state index contributed by atoms with van der Waals surface area (Å²) in [4.78, 5) is 4.55. The Morgan fingerprint density at radius 3 is 2.65 bits per heavy atom. The van der Waals surface area contributed by atoms with Crippen LogP contribution in [0.25, 0.3) is 17.5 Å². The first-order chi connectivity index (χ1) is 12.8. The van der Waals surface area contributed by atoms with Gasteiger partial charge in [0.05, 0.1) is 6.07 Å². The van der Waals surface area contributed by atoms with Crippen molar-refractivity contribution in [2.75, 3.05) is 0 Å². The summed E-state index contributed by atoms with van der Waals surface area (Å²) >= 11 is 0. The van der Waals surface area contributed by atoms with Crippen molar-refractivity contribution in [2.24, 2.45) is 0 Å². The lowest BCUT2D eigenvalue weighted by molar-refractivity contribution is 0.299. The van der Waals surface area contributed by atoms with Gasteiger partial charge in [-0.25, -0.2) is 4.98 Å². The Labute approximate surface area is 152 Å². The lowest BCUT2D eigenvalue weighted by atomic mass is 10.2. The Morgan fingerprint density at radius 1 is 1.08 bits per heavy atom. The van der Waals surface area contributed by atoms with Crippen molar-refractivity contribution in [3.63, 3.8) is 0 Å². The van der Waals surface area contributed by atoms with E-state index >= 15 is 0 Å². The average Bonchev–Trinajstić information content (AvgIpc) is 3.06. The number of aryl methyl sites for hydroxylation is 1. The molecule has 128 valence electrons. The zero-order chi connectivity index (χ0) is 18.2. The molecule has 3 rings (SSSR count). The van der Waals surface area contributed by atoms with Crippen molar-refractivity contribution in [1.82, 2.24) is 4.98 Å². The van der Waals surface area contributed by atoms with Crippen molar-refractivity contribution < 1.29 is 9.15 Å². The lowest BCUT2D eigenvalue weighted by Crippen LogP contribution is -1.99. The van der Waals surface area contributed by atoms with Crippen LogP contribution in [0.5, 0.6) is 5.75 Å². The number of ether oxygens (including phenoxy) is 1. The average molecular weight is 342 g/mol. The molecule has 2 aromatic carbocycles. The molecule has 0 atom stereocenters. The monoisotopic (exact) mass is 342 g/mol. The molecule has 4 heteroatoms. The minimum absolute atomic E-state index is 0.320. The van der Waals surface area contributed by atoms with E-state index in [1.54, 1.807) is 12.2 Å². The van der Waals surface area contributed by atoms with Gasteiger partial charge < -0.3 is 9.15 Å². The maximum atomic E-state index is 8.53. The lowest BCUT2D eigenvalue weighted by Gasteiger charge is -2.07. The van der Waals surface area contributed by atoms with Gasteiger partial charge in [-0.1, -0.05) is 54.6 Å². The van der Waals surface area contributed by atoms with Crippen molar-refractivity contribution in [2.45, 2.75) is 13.5 Å². The Morgan fingerprint density at radius 2 is 1.85 bits per heavy atom. The fourth-order valence-electron chi connectivity index (χ4n) is 2.42. The molecule has 3 aromatic rings. The second kappa shape index (κ2) is 8.50. The maximum Gasteiger partial charge on any atom is 0.226 e. The van der Waals surface area contributed by atoms with E-state index in [4.69, 9.17) is 14.4 Å². The molecule has 0 fully saturated rings. The van der Waals surface area contributed by atoms with E-state index in [2.05, 4.69) is 4.98 Å². The first kappa shape index (κ1) is 17.2.